The van der Waals surface area contributed by atoms with Crippen LogP contribution in [0.2, 0.25) is 0 Å². The lowest BCUT2D eigenvalue weighted by molar-refractivity contribution is 0.176. The largest absolute Gasteiger partial charge is 0.507 e. The molecule has 0 aliphatic carbocycles. The van der Waals surface area contributed by atoms with Crippen molar-refractivity contribution in [3.63, 3.8) is 0 Å². The normalized spacial score (nSPS) is 17.8. The van der Waals surface area contributed by atoms with Gasteiger partial charge >= 0.3 is 6.09 Å². The summed E-state index contributed by atoms with van der Waals surface area (Å²) in [6, 6.07) is 4.10. The van der Waals surface area contributed by atoms with Crippen LogP contribution >= 0.6 is 0 Å². The van der Waals surface area contributed by atoms with Crippen molar-refractivity contribution in [3.05, 3.63) is 23.8 Å². The van der Waals surface area contributed by atoms with Crippen molar-refractivity contribution in [1.82, 2.24) is 10.6 Å². The third-order valence-electron chi connectivity index (χ3n) is 2.56. The molecule has 7 nitrogen and oxygen atoms in total. The monoisotopic (exact) mass is 251 g/mol. The Kier molecular flexibility index (Phi) is 3.22. The number of methoxy groups -OCH3 is 1. The number of hydrogen-bond donors (Lipinski definition) is 4. The Hall–Kier alpha value is -2.44. The van der Waals surface area contributed by atoms with Crippen molar-refractivity contribution >= 4 is 12.1 Å². The van der Waals surface area contributed by atoms with Gasteiger partial charge in [0.1, 0.15) is 11.5 Å². The smallest absolute Gasteiger partial charge is 0.413 e. The first-order valence-corrected chi connectivity index (χ1v) is 5.28. The van der Waals surface area contributed by atoms with E-state index in [-0.39, 0.29) is 17.5 Å². The molecule has 0 saturated carbocycles. The maximum absolute atomic E-state index is 11.0. The van der Waals surface area contributed by atoms with Crippen LogP contribution < -0.4 is 10.6 Å². The van der Waals surface area contributed by atoms with Crippen molar-refractivity contribution in [2.75, 3.05) is 13.7 Å². The zero-order chi connectivity index (χ0) is 13.1. The number of hydrogen-bond acceptors (Lipinski definition) is 6. The second-order valence-corrected chi connectivity index (χ2v) is 3.71. The van der Waals surface area contributed by atoms with Crippen LogP contribution in [0.5, 0.6) is 11.5 Å². The lowest BCUT2D eigenvalue weighted by Crippen LogP contribution is -2.39. The van der Waals surface area contributed by atoms with Crippen LogP contribution in [-0.2, 0) is 4.74 Å². The molecule has 1 heterocycles. The molecule has 1 unspecified atom stereocenters. The van der Waals surface area contributed by atoms with E-state index in [0.717, 1.165) is 0 Å². The van der Waals surface area contributed by atoms with Crippen LogP contribution in [0.15, 0.2) is 23.2 Å². The minimum Gasteiger partial charge on any atom is -0.507 e. The van der Waals surface area contributed by atoms with Crippen LogP contribution in [0.4, 0.5) is 4.79 Å². The standard InChI is InChI=1S/C11H13N3O4/c1-18-11(17)14-10-12-5-6(13-10)9-7(15)3-2-4-8(9)16/h2-4,6,15-16H,5H2,1H3,(H2,12,13,14,17). The summed E-state index contributed by atoms with van der Waals surface area (Å²) >= 11 is 0. The summed E-state index contributed by atoms with van der Waals surface area (Å²) in [5, 5.41) is 24.7. The number of ether oxygens (including phenoxy) is 1. The number of phenols is 2. The minimum absolute atomic E-state index is 0.0259. The zero-order valence-electron chi connectivity index (χ0n) is 9.67. The van der Waals surface area contributed by atoms with Gasteiger partial charge in [0.05, 0.1) is 25.3 Å². The molecule has 1 atom stereocenters. The molecule has 0 spiro atoms. The number of aliphatic imine (C=N–C) groups is 1. The number of amides is 1. The molecule has 7 heteroatoms. The number of benzene rings is 1. The van der Waals surface area contributed by atoms with Gasteiger partial charge in [-0.3, -0.25) is 10.3 Å². The maximum atomic E-state index is 11.0. The highest BCUT2D eigenvalue weighted by atomic mass is 16.5. The van der Waals surface area contributed by atoms with Crippen LogP contribution in [0.3, 0.4) is 0 Å². The fraction of sp³-hybridized carbons (Fsp3) is 0.273. The molecule has 0 aromatic heterocycles. The molecule has 18 heavy (non-hydrogen) atoms. The van der Waals surface area contributed by atoms with E-state index in [1.807, 2.05) is 0 Å². The first-order valence-electron chi connectivity index (χ1n) is 5.28. The molecule has 0 fully saturated rings. The topological polar surface area (TPSA) is 103 Å². The predicted molar refractivity (Wildman–Crippen MR) is 63.5 cm³/mol. The Morgan fingerprint density at radius 1 is 1.50 bits per heavy atom. The molecule has 2 rings (SSSR count). The number of aromatic hydroxyl groups is 2. The summed E-state index contributed by atoms with van der Waals surface area (Å²) < 4.78 is 4.43. The highest BCUT2D eigenvalue weighted by molar-refractivity contribution is 5.95. The van der Waals surface area contributed by atoms with E-state index in [1.54, 1.807) is 0 Å². The van der Waals surface area contributed by atoms with Crippen LogP contribution in [0.25, 0.3) is 0 Å². The van der Waals surface area contributed by atoms with E-state index in [2.05, 4.69) is 20.4 Å². The second-order valence-electron chi connectivity index (χ2n) is 3.71. The third-order valence-corrected chi connectivity index (χ3v) is 2.56. The second kappa shape index (κ2) is 4.82. The number of alkyl carbamates (subject to hydrolysis) is 1. The number of carbonyl (C=O) groups is 1. The fourth-order valence-electron chi connectivity index (χ4n) is 1.72. The van der Waals surface area contributed by atoms with Crippen molar-refractivity contribution in [1.29, 1.82) is 0 Å². The molecule has 1 aliphatic heterocycles. The average molecular weight is 251 g/mol. The number of phenolic OH excluding ortho intramolecular Hbond substituents is 2. The van der Waals surface area contributed by atoms with Gasteiger partial charge in [0, 0.05) is 0 Å². The molecular formula is C11H13N3O4. The van der Waals surface area contributed by atoms with Gasteiger partial charge in [0.15, 0.2) is 0 Å². The first-order chi connectivity index (χ1) is 8.61. The van der Waals surface area contributed by atoms with E-state index in [4.69, 9.17) is 0 Å². The summed E-state index contributed by atoms with van der Waals surface area (Å²) in [6.07, 6.45) is -0.636. The van der Waals surface area contributed by atoms with Gasteiger partial charge in [-0.25, -0.2) is 4.79 Å². The summed E-state index contributed by atoms with van der Waals surface area (Å²) in [4.78, 5) is 15.0. The highest BCUT2D eigenvalue weighted by Gasteiger charge is 2.25. The number of rotatable bonds is 1. The summed E-state index contributed by atoms with van der Waals surface area (Å²) in [6.45, 7) is 0.296. The summed E-state index contributed by atoms with van der Waals surface area (Å²) in [5.41, 5.74) is 0.350. The lowest BCUT2D eigenvalue weighted by atomic mass is 10.1. The van der Waals surface area contributed by atoms with Crippen molar-refractivity contribution < 1.29 is 19.7 Å². The van der Waals surface area contributed by atoms with E-state index in [9.17, 15) is 15.0 Å². The molecule has 0 saturated heterocycles. The van der Waals surface area contributed by atoms with Crippen LogP contribution in [0, 0.1) is 0 Å². The molecule has 1 aromatic rings. The van der Waals surface area contributed by atoms with Gasteiger partial charge in [-0.15, -0.1) is 0 Å². The molecule has 96 valence electrons. The fourth-order valence-corrected chi connectivity index (χ4v) is 1.72. The van der Waals surface area contributed by atoms with Gasteiger partial charge in [-0.2, -0.15) is 0 Å². The molecule has 0 bridgehead atoms. The van der Waals surface area contributed by atoms with Crippen LogP contribution in [-0.4, -0.2) is 35.9 Å². The van der Waals surface area contributed by atoms with Gasteiger partial charge in [0.2, 0.25) is 5.96 Å². The first kappa shape index (κ1) is 12.0. The van der Waals surface area contributed by atoms with E-state index in [1.165, 1.54) is 25.3 Å². The quantitative estimate of drug-likeness (QED) is 0.580. The van der Waals surface area contributed by atoms with Crippen molar-refractivity contribution in [2.24, 2.45) is 4.99 Å². The van der Waals surface area contributed by atoms with Gasteiger partial charge in [-0.05, 0) is 12.1 Å². The maximum Gasteiger partial charge on any atom is 0.413 e. The number of nitrogens with one attached hydrogen (secondary N) is 2. The number of guanidine groups is 1. The summed E-state index contributed by atoms with van der Waals surface area (Å²) in [7, 11) is 1.25. The van der Waals surface area contributed by atoms with E-state index < -0.39 is 12.1 Å². The summed E-state index contributed by atoms with van der Waals surface area (Å²) in [5.74, 6) is 0.193. The Balaban J connectivity index is 2.09. The Bertz CT molecular complexity index is 481. The van der Waals surface area contributed by atoms with Gasteiger partial charge < -0.3 is 20.3 Å². The Morgan fingerprint density at radius 2 is 2.17 bits per heavy atom. The van der Waals surface area contributed by atoms with Crippen LogP contribution in [0.1, 0.15) is 11.6 Å². The van der Waals surface area contributed by atoms with Crippen molar-refractivity contribution in [3.8, 4) is 11.5 Å². The molecule has 1 aliphatic rings. The molecule has 0 radical (unpaired) electrons. The SMILES string of the molecule is COC(=O)NC1=NCC(c2c(O)cccc2O)N1. The zero-order valence-corrected chi connectivity index (χ0v) is 9.67. The van der Waals surface area contributed by atoms with Crippen molar-refractivity contribution in [2.45, 2.75) is 6.04 Å². The third kappa shape index (κ3) is 2.29. The molecule has 4 N–H and O–H groups in total. The van der Waals surface area contributed by atoms with E-state index >= 15 is 0 Å². The Labute approximate surface area is 103 Å². The van der Waals surface area contributed by atoms with E-state index in [0.29, 0.717) is 12.1 Å². The highest BCUT2D eigenvalue weighted by Crippen LogP contribution is 2.33. The molecule has 1 aromatic carbocycles. The molecule has 1 amide bonds. The lowest BCUT2D eigenvalue weighted by Gasteiger charge is -2.15. The number of nitrogens with zero attached hydrogens (tertiary/aromatic N) is 1. The van der Waals surface area contributed by atoms with Gasteiger partial charge in [0.25, 0.3) is 0 Å². The number of carbonyl (C=O) groups excluding carboxylic acids is 1. The average Bonchev–Trinajstić information content (AvgIpc) is 2.77. The van der Waals surface area contributed by atoms with Gasteiger partial charge in [-0.1, -0.05) is 6.07 Å². The Morgan fingerprint density at radius 3 is 2.78 bits per heavy atom. The molecular weight excluding hydrogens is 238 g/mol. The minimum atomic E-state index is -0.636. The predicted octanol–water partition coefficient (Wildman–Crippen LogP) is 0.454.